The summed E-state index contributed by atoms with van der Waals surface area (Å²) in [7, 11) is 0. The van der Waals surface area contributed by atoms with Crippen molar-refractivity contribution in [1.82, 2.24) is 15.0 Å². The van der Waals surface area contributed by atoms with Gasteiger partial charge in [0.15, 0.2) is 11.6 Å². The van der Waals surface area contributed by atoms with Gasteiger partial charge in [-0.1, -0.05) is 13.0 Å². The summed E-state index contributed by atoms with van der Waals surface area (Å²) in [6, 6.07) is 10.8. The molecule has 0 atom stereocenters. The number of carbonyl (C=O) groups excluding carboxylic acids is 1. The number of furan rings is 1. The summed E-state index contributed by atoms with van der Waals surface area (Å²) in [6.45, 7) is 1.78. The van der Waals surface area contributed by atoms with Crippen molar-refractivity contribution >= 4 is 11.7 Å². The lowest BCUT2D eigenvalue weighted by Crippen LogP contribution is -2.11. The number of carbonyl (C=O) groups is 1. The third-order valence-corrected chi connectivity index (χ3v) is 3.00. The minimum absolute atomic E-state index is 0.0954. The van der Waals surface area contributed by atoms with Gasteiger partial charge in [0.25, 0.3) is 0 Å². The van der Waals surface area contributed by atoms with Gasteiger partial charge in [-0.15, -0.1) is 0 Å². The normalized spacial score (nSPS) is 10.4. The second-order valence-corrected chi connectivity index (χ2v) is 4.55. The Hall–Kier alpha value is -3.02. The molecule has 0 aliphatic rings. The predicted octanol–water partition coefficient (Wildman–Crippen LogP) is 3.15. The highest BCUT2D eigenvalue weighted by Gasteiger charge is 2.09. The van der Waals surface area contributed by atoms with Crippen LogP contribution in [-0.2, 0) is 4.79 Å². The molecule has 3 aromatic rings. The Morgan fingerprint density at radius 1 is 1.14 bits per heavy atom. The van der Waals surface area contributed by atoms with E-state index in [1.807, 2.05) is 24.3 Å². The van der Waals surface area contributed by atoms with Crippen molar-refractivity contribution in [1.29, 1.82) is 0 Å². The number of anilines is 1. The van der Waals surface area contributed by atoms with Gasteiger partial charge in [-0.2, -0.15) is 0 Å². The van der Waals surface area contributed by atoms with Crippen molar-refractivity contribution < 1.29 is 9.21 Å². The van der Waals surface area contributed by atoms with Gasteiger partial charge in [-0.05, 0) is 30.3 Å². The van der Waals surface area contributed by atoms with Crippen LogP contribution >= 0.6 is 0 Å². The maximum atomic E-state index is 11.4. The quantitative estimate of drug-likeness (QED) is 0.799. The van der Waals surface area contributed by atoms with Crippen molar-refractivity contribution in [3.8, 4) is 23.0 Å². The molecule has 0 saturated carbocycles. The monoisotopic (exact) mass is 294 g/mol. The molecule has 0 radical (unpaired) electrons. The summed E-state index contributed by atoms with van der Waals surface area (Å²) < 4.78 is 5.34. The number of hydrogen-bond acceptors (Lipinski definition) is 5. The summed E-state index contributed by atoms with van der Waals surface area (Å²) in [5.74, 6) is 1.49. The van der Waals surface area contributed by atoms with Gasteiger partial charge in [0, 0.05) is 12.6 Å². The zero-order valence-corrected chi connectivity index (χ0v) is 12.0. The molecule has 1 N–H and O–H groups in total. The van der Waals surface area contributed by atoms with Crippen molar-refractivity contribution in [2.75, 3.05) is 5.32 Å². The lowest BCUT2D eigenvalue weighted by molar-refractivity contribution is -0.115. The minimum atomic E-state index is -0.0954. The van der Waals surface area contributed by atoms with Crippen LogP contribution in [0.1, 0.15) is 13.3 Å². The van der Waals surface area contributed by atoms with Gasteiger partial charge in [-0.25, -0.2) is 15.0 Å². The number of aromatic nitrogens is 3. The van der Waals surface area contributed by atoms with E-state index in [2.05, 4.69) is 20.3 Å². The fourth-order valence-electron chi connectivity index (χ4n) is 1.90. The zero-order chi connectivity index (χ0) is 15.4. The Morgan fingerprint density at radius 2 is 2.00 bits per heavy atom. The van der Waals surface area contributed by atoms with Gasteiger partial charge in [0.05, 0.1) is 6.26 Å². The van der Waals surface area contributed by atoms with E-state index in [0.717, 1.165) is 0 Å². The first kappa shape index (κ1) is 13.9. The minimum Gasteiger partial charge on any atom is -0.463 e. The van der Waals surface area contributed by atoms with E-state index in [1.54, 1.807) is 31.5 Å². The van der Waals surface area contributed by atoms with E-state index in [9.17, 15) is 4.79 Å². The van der Waals surface area contributed by atoms with Gasteiger partial charge in [0.1, 0.15) is 17.2 Å². The van der Waals surface area contributed by atoms with E-state index < -0.39 is 0 Å². The molecule has 3 rings (SSSR count). The van der Waals surface area contributed by atoms with Crippen LogP contribution in [0, 0.1) is 0 Å². The fourth-order valence-corrected chi connectivity index (χ4v) is 1.90. The molecular formula is C16H14N4O2. The summed E-state index contributed by atoms with van der Waals surface area (Å²) >= 11 is 0. The number of nitrogens with one attached hydrogen (secondary N) is 1. The Bertz CT molecular complexity index is 784. The molecule has 0 spiro atoms. The average molecular weight is 294 g/mol. The summed E-state index contributed by atoms with van der Waals surface area (Å²) in [6.07, 6.45) is 3.58. The van der Waals surface area contributed by atoms with Crippen LogP contribution in [0.5, 0.6) is 0 Å². The molecule has 0 aromatic carbocycles. The maximum Gasteiger partial charge on any atom is 0.225 e. The highest BCUT2D eigenvalue weighted by molar-refractivity contribution is 5.89. The highest BCUT2D eigenvalue weighted by Crippen LogP contribution is 2.21. The largest absolute Gasteiger partial charge is 0.463 e. The molecule has 6 heteroatoms. The summed E-state index contributed by atoms with van der Waals surface area (Å²) in [4.78, 5) is 24.5. The SMILES string of the molecule is CCC(=O)Nc1ccnc(-c2cccc(-c3ccco3)n2)n1. The first-order valence-electron chi connectivity index (χ1n) is 6.90. The average Bonchev–Trinajstić information content (AvgIpc) is 3.10. The predicted molar refractivity (Wildman–Crippen MR) is 81.9 cm³/mol. The lowest BCUT2D eigenvalue weighted by Gasteiger charge is -2.05. The summed E-state index contributed by atoms with van der Waals surface area (Å²) in [5, 5.41) is 2.71. The molecule has 3 heterocycles. The van der Waals surface area contributed by atoms with Gasteiger partial charge in [0.2, 0.25) is 5.91 Å². The van der Waals surface area contributed by atoms with Crippen LogP contribution in [0.15, 0.2) is 53.3 Å². The first-order chi connectivity index (χ1) is 10.8. The lowest BCUT2D eigenvalue weighted by atomic mass is 10.2. The van der Waals surface area contributed by atoms with Gasteiger partial charge in [-0.3, -0.25) is 4.79 Å². The smallest absolute Gasteiger partial charge is 0.225 e. The van der Waals surface area contributed by atoms with Crippen LogP contribution in [0.2, 0.25) is 0 Å². The Kier molecular flexibility index (Phi) is 3.91. The van der Waals surface area contributed by atoms with E-state index in [0.29, 0.717) is 35.2 Å². The third kappa shape index (κ3) is 3.01. The molecular weight excluding hydrogens is 280 g/mol. The Balaban J connectivity index is 1.92. The standard InChI is InChI=1S/C16H14N4O2/c1-2-15(21)19-14-8-9-17-16(20-14)12-6-3-5-11(18-12)13-7-4-10-22-13/h3-10H,2H2,1H3,(H,17,19,20,21). The molecule has 0 unspecified atom stereocenters. The van der Waals surface area contributed by atoms with Crippen molar-refractivity contribution in [2.45, 2.75) is 13.3 Å². The first-order valence-corrected chi connectivity index (χ1v) is 6.90. The number of rotatable bonds is 4. The van der Waals surface area contributed by atoms with Gasteiger partial charge >= 0.3 is 0 Å². The topological polar surface area (TPSA) is 80.9 Å². The third-order valence-electron chi connectivity index (χ3n) is 3.00. The van der Waals surface area contributed by atoms with Crippen LogP contribution in [-0.4, -0.2) is 20.9 Å². The van der Waals surface area contributed by atoms with Crippen LogP contribution < -0.4 is 5.32 Å². The van der Waals surface area contributed by atoms with Crippen molar-refractivity contribution in [3.05, 3.63) is 48.9 Å². The zero-order valence-electron chi connectivity index (χ0n) is 12.0. The van der Waals surface area contributed by atoms with Crippen LogP contribution in [0.4, 0.5) is 5.82 Å². The molecule has 0 aliphatic carbocycles. The number of amides is 1. The Labute approximate surface area is 127 Å². The molecule has 0 aliphatic heterocycles. The van der Waals surface area contributed by atoms with E-state index in [4.69, 9.17) is 4.42 Å². The van der Waals surface area contributed by atoms with E-state index >= 15 is 0 Å². The molecule has 0 bridgehead atoms. The molecule has 0 fully saturated rings. The van der Waals surface area contributed by atoms with Crippen LogP contribution in [0.25, 0.3) is 23.0 Å². The second kappa shape index (κ2) is 6.17. The molecule has 3 aromatic heterocycles. The second-order valence-electron chi connectivity index (χ2n) is 4.55. The molecule has 110 valence electrons. The maximum absolute atomic E-state index is 11.4. The number of pyridine rings is 1. The fraction of sp³-hybridized carbons (Fsp3) is 0.125. The van der Waals surface area contributed by atoms with Crippen LogP contribution in [0.3, 0.4) is 0 Å². The van der Waals surface area contributed by atoms with Crippen molar-refractivity contribution in [3.63, 3.8) is 0 Å². The number of hydrogen-bond donors (Lipinski definition) is 1. The molecule has 1 amide bonds. The summed E-state index contributed by atoms with van der Waals surface area (Å²) in [5.41, 5.74) is 1.32. The van der Waals surface area contributed by atoms with E-state index in [1.165, 1.54) is 0 Å². The molecule has 6 nitrogen and oxygen atoms in total. The van der Waals surface area contributed by atoms with Crippen molar-refractivity contribution in [2.24, 2.45) is 0 Å². The Morgan fingerprint density at radius 3 is 2.77 bits per heavy atom. The van der Waals surface area contributed by atoms with E-state index in [-0.39, 0.29) is 5.91 Å². The molecule has 22 heavy (non-hydrogen) atoms. The van der Waals surface area contributed by atoms with Gasteiger partial charge < -0.3 is 9.73 Å². The number of nitrogens with zero attached hydrogens (tertiary/aromatic N) is 3. The molecule has 0 saturated heterocycles. The highest BCUT2D eigenvalue weighted by atomic mass is 16.3.